The van der Waals surface area contributed by atoms with Gasteiger partial charge in [-0.15, -0.1) is 11.1 Å². The molecule has 2 nitrogen and oxygen atoms in total. The van der Waals surface area contributed by atoms with Gasteiger partial charge in [0.1, 0.15) is 27.6 Å². The summed E-state index contributed by atoms with van der Waals surface area (Å²) in [7, 11) is -3.81. The predicted molar refractivity (Wildman–Crippen MR) is 251 cm³/mol. The first-order chi connectivity index (χ1) is 26.4. The van der Waals surface area contributed by atoms with Crippen molar-refractivity contribution in [3.8, 4) is 58.1 Å². The van der Waals surface area contributed by atoms with Crippen molar-refractivity contribution in [3.05, 3.63) is 47.5 Å². The first-order valence-electron chi connectivity index (χ1n) is 21.5. The van der Waals surface area contributed by atoms with Crippen molar-refractivity contribution in [3.63, 3.8) is 0 Å². The number of hydrogen-bond donors (Lipinski definition) is 0. The zero-order valence-corrected chi connectivity index (χ0v) is 39.7. The molecule has 0 saturated heterocycles. The Labute approximate surface area is 344 Å². The fraction of sp³-hybridized carbons (Fsp3) is 0.538. The minimum Gasteiger partial charge on any atom is -0.493 e. The lowest BCUT2D eigenvalue weighted by molar-refractivity contribution is 0.292. The lowest BCUT2D eigenvalue weighted by atomic mass is 9.89. The van der Waals surface area contributed by atoms with Gasteiger partial charge in [0.2, 0.25) is 0 Å². The molecule has 4 heteroatoms. The van der Waals surface area contributed by atoms with Crippen molar-refractivity contribution >= 4 is 48.5 Å². The fourth-order valence-electron chi connectivity index (χ4n) is 9.53. The van der Waals surface area contributed by atoms with Crippen LogP contribution >= 0.6 is 0 Å². The van der Waals surface area contributed by atoms with Gasteiger partial charge in [-0.3, -0.25) is 0 Å². The topological polar surface area (TPSA) is 18.5 Å². The van der Waals surface area contributed by atoms with Gasteiger partial charge in [0.05, 0.1) is 13.2 Å². The van der Waals surface area contributed by atoms with Crippen molar-refractivity contribution in [2.24, 2.45) is 11.8 Å². The molecular weight excluding hydrogens is 713 g/mol. The third-order valence-electron chi connectivity index (χ3n) is 12.5. The van der Waals surface area contributed by atoms with Crippen LogP contribution in [0.2, 0.25) is 33.2 Å². The highest BCUT2D eigenvalue weighted by molar-refractivity contribution is 6.91. The summed E-state index contributed by atoms with van der Waals surface area (Å²) in [6.07, 6.45) is 1.95. The fourth-order valence-corrected chi connectivity index (χ4v) is 19.8. The van der Waals surface area contributed by atoms with E-state index in [0.717, 1.165) is 67.8 Å². The van der Waals surface area contributed by atoms with Gasteiger partial charge in [-0.1, -0.05) is 135 Å². The molecule has 56 heavy (non-hydrogen) atoms. The third-order valence-corrected chi connectivity index (χ3v) is 25.1. The molecule has 0 atom stereocenters. The average Bonchev–Trinajstić information content (AvgIpc) is 3.10. The number of hydrogen-bond acceptors (Lipinski definition) is 2. The van der Waals surface area contributed by atoms with Crippen molar-refractivity contribution < 1.29 is 9.47 Å². The lowest BCUT2D eigenvalue weighted by Crippen LogP contribution is -2.43. The molecule has 0 heterocycles. The average molecular weight is 783 g/mol. The van der Waals surface area contributed by atoms with E-state index in [9.17, 15) is 0 Å². The Bertz CT molecular complexity index is 2020. The van der Waals surface area contributed by atoms with E-state index < -0.39 is 16.1 Å². The van der Waals surface area contributed by atoms with Gasteiger partial charge in [-0.2, -0.15) is 0 Å². The van der Waals surface area contributed by atoms with Gasteiger partial charge >= 0.3 is 0 Å². The van der Waals surface area contributed by atoms with Gasteiger partial charge in [-0.05, 0) is 117 Å². The molecule has 0 aliphatic heterocycles. The van der Waals surface area contributed by atoms with Crippen LogP contribution in [0.3, 0.4) is 0 Å². The first kappa shape index (κ1) is 44.9. The van der Waals surface area contributed by atoms with E-state index in [0.29, 0.717) is 58.3 Å². The molecule has 298 valence electrons. The zero-order valence-electron chi connectivity index (χ0n) is 37.7. The van der Waals surface area contributed by atoms with Crippen LogP contribution in [-0.2, 0) is 0 Å². The summed E-state index contributed by atoms with van der Waals surface area (Å²) in [6.45, 7) is 38.4. The maximum atomic E-state index is 6.62. The van der Waals surface area contributed by atoms with Crippen LogP contribution in [0, 0.1) is 58.4 Å². The minimum absolute atomic E-state index is 0.542. The molecule has 4 rings (SSSR count). The molecule has 0 saturated carbocycles. The van der Waals surface area contributed by atoms with Gasteiger partial charge in [0.25, 0.3) is 0 Å². The van der Waals surface area contributed by atoms with Gasteiger partial charge in [0.15, 0.2) is 0 Å². The van der Waals surface area contributed by atoms with Gasteiger partial charge in [0, 0.05) is 32.7 Å². The third kappa shape index (κ3) is 9.32. The molecule has 0 amide bonds. The van der Waals surface area contributed by atoms with Crippen molar-refractivity contribution in [1.82, 2.24) is 0 Å². The molecule has 0 fully saturated rings. The molecule has 0 spiro atoms. The number of ether oxygens (including phenoxy) is 2. The molecular formula is C52H70O2Si2. The monoisotopic (exact) mass is 782 g/mol. The highest BCUT2D eigenvalue weighted by atomic mass is 28.3. The Morgan fingerprint density at radius 1 is 0.429 bits per heavy atom. The predicted octanol–water partition coefficient (Wildman–Crippen LogP) is 14.6. The van der Waals surface area contributed by atoms with Crippen LogP contribution in [0.1, 0.15) is 135 Å². The van der Waals surface area contributed by atoms with E-state index in [1.807, 2.05) is 0 Å². The largest absolute Gasteiger partial charge is 0.493 e. The Balaban J connectivity index is 2.05. The molecule has 0 aliphatic rings. The summed E-state index contributed by atoms with van der Waals surface area (Å²) in [5, 5.41) is 6.66. The van der Waals surface area contributed by atoms with Crippen LogP contribution in [0.15, 0.2) is 36.4 Å². The maximum Gasteiger partial charge on any atom is 0.147 e. The maximum absolute atomic E-state index is 6.62. The smallest absolute Gasteiger partial charge is 0.147 e. The van der Waals surface area contributed by atoms with Gasteiger partial charge in [-0.25, -0.2) is 0 Å². The normalized spacial score (nSPS) is 12.2. The second-order valence-electron chi connectivity index (χ2n) is 18.8. The zero-order chi connectivity index (χ0) is 41.5. The number of benzene rings is 4. The van der Waals surface area contributed by atoms with Crippen LogP contribution in [0.5, 0.6) is 11.5 Å². The SMILES string of the molecule is CC(C)CCOc1cc(C#CC#C[Si](C(C)C)(C(C)C)C(C)C)c2ccc3c(C#CC#C[Si](C(C)C)(C(C)C)C(C)C)cc(OCCC(C)C)c4ccc1c2c34. The Kier molecular flexibility index (Phi) is 15.3. The van der Waals surface area contributed by atoms with Crippen LogP contribution < -0.4 is 9.47 Å². The molecule has 0 radical (unpaired) electrons. The molecule has 0 N–H and O–H groups in total. The van der Waals surface area contributed by atoms with Gasteiger partial charge < -0.3 is 9.47 Å². The Hall–Kier alpha value is -3.81. The minimum atomic E-state index is -1.91. The second kappa shape index (κ2) is 19.1. The van der Waals surface area contributed by atoms with E-state index in [1.165, 1.54) is 0 Å². The molecule has 0 aliphatic carbocycles. The first-order valence-corrected chi connectivity index (χ1v) is 26.0. The van der Waals surface area contributed by atoms with E-state index in [2.05, 4.69) is 194 Å². The quantitative estimate of drug-likeness (QED) is 0.0720. The molecule has 0 unspecified atom stereocenters. The van der Waals surface area contributed by atoms with E-state index in [-0.39, 0.29) is 0 Å². The number of rotatable bonds is 14. The van der Waals surface area contributed by atoms with Crippen molar-refractivity contribution in [1.29, 1.82) is 0 Å². The van der Waals surface area contributed by atoms with E-state index in [1.54, 1.807) is 0 Å². The Morgan fingerprint density at radius 2 is 0.732 bits per heavy atom. The second-order valence-corrected chi connectivity index (χ2v) is 29.9. The van der Waals surface area contributed by atoms with Crippen LogP contribution in [-0.4, -0.2) is 29.4 Å². The molecule has 0 aromatic heterocycles. The summed E-state index contributed by atoms with van der Waals surface area (Å²) in [6, 6.07) is 13.1. The van der Waals surface area contributed by atoms with E-state index in [4.69, 9.17) is 9.47 Å². The Morgan fingerprint density at radius 3 is 1.02 bits per heavy atom. The standard InChI is InChI=1S/C52H70O2Si2/c1-35(2)27-29-53-49-33-43(21-17-19-31-55(37(5)6,38(7)8)39(9)10)45-23-24-46-44(22-18-20-32-56(40(11)12,41(13)14)42(15)16)34-50(54-30-28-36(3)4)48-26-25-47(49)51(45)52(46)48/h23-26,33-42H,27-30H2,1-16H3. The summed E-state index contributed by atoms with van der Waals surface area (Å²) < 4.78 is 13.2. The summed E-state index contributed by atoms with van der Waals surface area (Å²) in [5.41, 5.74) is 12.8. The van der Waals surface area contributed by atoms with Crippen molar-refractivity contribution in [2.45, 2.75) is 157 Å². The highest BCUT2D eigenvalue weighted by Gasteiger charge is 2.42. The lowest BCUT2D eigenvalue weighted by Gasteiger charge is -2.37. The summed E-state index contributed by atoms with van der Waals surface area (Å²) in [5.74, 6) is 23.3. The molecule has 4 aromatic rings. The molecule has 4 aromatic carbocycles. The van der Waals surface area contributed by atoms with E-state index >= 15 is 0 Å². The van der Waals surface area contributed by atoms with Crippen LogP contribution in [0.4, 0.5) is 0 Å². The van der Waals surface area contributed by atoms with Crippen molar-refractivity contribution in [2.75, 3.05) is 13.2 Å². The highest BCUT2D eigenvalue weighted by Crippen LogP contribution is 2.45. The summed E-state index contributed by atoms with van der Waals surface area (Å²) in [4.78, 5) is 0. The summed E-state index contributed by atoms with van der Waals surface area (Å²) >= 11 is 0. The molecule has 0 bridgehead atoms. The van der Waals surface area contributed by atoms with Crippen LogP contribution in [0.25, 0.3) is 32.3 Å².